The number of thiophene rings is 2. The van der Waals surface area contributed by atoms with Crippen molar-refractivity contribution in [3.05, 3.63) is 96.6 Å². The van der Waals surface area contributed by atoms with E-state index < -0.39 is 5.41 Å². The molecule has 0 aliphatic heterocycles. The lowest BCUT2D eigenvalue weighted by Crippen LogP contribution is -2.35. The van der Waals surface area contributed by atoms with Gasteiger partial charge in [0.25, 0.3) is 11.5 Å². The number of hydrogen-bond acceptors (Lipinski definition) is 8. The zero-order valence-electron chi connectivity index (χ0n) is 23.7. The number of rotatable bonds is 11. The van der Waals surface area contributed by atoms with Gasteiger partial charge in [-0.2, -0.15) is 9.78 Å². The van der Waals surface area contributed by atoms with Gasteiger partial charge in [-0.15, -0.1) is 22.7 Å². The molecule has 0 amide bonds. The second kappa shape index (κ2) is 12.7. The summed E-state index contributed by atoms with van der Waals surface area (Å²) in [5, 5.41) is 10.1. The molecule has 5 rings (SSSR count). The molecule has 42 heavy (non-hydrogen) atoms. The van der Waals surface area contributed by atoms with E-state index in [1.807, 2.05) is 66.0 Å². The molecular weight excluding hydrogens is 592 g/mol. The van der Waals surface area contributed by atoms with E-state index in [9.17, 15) is 9.59 Å². The number of hydrogen-bond donors (Lipinski definition) is 1. The molecule has 4 heterocycles. The third-order valence-corrected chi connectivity index (χ3v) is 8.84. The normalized spacial score (nSPS) is 11.5. The maximum atomic E-state index is 13.8. The number of nitrogens with zero attached hydrogens (tertiary/aromatic N) is 3. The van der Waals surface area contributed by atoms with Crippen LogP contribution in [0.3, 0.4) is 0 Å². The Kier molecular flexibility index (Phi) is 8.98. The monoisotopic (exact) mass is 622 g/mol. The Morgan fingerprint density at radius 3 is 2.45 bits per heavy atom. The SMILES string of the molecule is COCC(C)(C)C(=O)n1nc(-c2cc(-c3ccccc3)n(Cc3cccs3)c(=O)c2)c(OC)c1NCc1ccc(Cl)s1. The predicted molar refractivity (Wildman–Crippen MR) is 170 cm³/mol. The second-order valence-electron chi connectivity index (χ2n) is 10.3. The summed E-state index contributed by atoms with van der Waals surface area (Å²) < 4.78 is 14.9. The molecule has 11 heteroatoms. The maximum Gasteiger partial charge on any atom is 0.256 e. The summed E-state index contributed by atoms with van der Waals surface area (Å²) in [4.78, 5) is 29.6. The Hall–Kier alpha value is -3.70. The molecular formula is C31H31ClN4O4S2. The zero-order valence-corrected chi connectivity index (χ0v) is 26.1. The first-order valence-electron chi connectivity index (χ1n) is 13.2. The van der Waals surface area contributed by atoms with Crippen molar-refractivity contribution < 1.29 is 14.3 Å². The minimum Gasteiger partial charge on any atom is -0.491 e. The van der Waals surface area contributed by atoms with Crippen LogP contribution in [0.2, 0.25) is 4.34 Å². The third-order valence-electron chi connectivity index (χ3n) is 6.75. The van der Waals surface area contributed by atoms with Crippen molar-refractivity contribution in [1.82, 2.24) is 14.3 Å². The topological polar surface area (TPSA) is 87.4 Å². The molecule has 0 saturated carbocycles. The molecule has 218 valence electrons. The first kappa shape index (κ1) is 29.8. The van der Waals surface area contributed by atoms with E-state index in [0.29, 0.717) is 40.3 Å². The lowest BCUT2D eigenvalue weighted by atomic mass is 9.94. The molecule has 1 aromatic carbocycles. The fraction of sp³-hybridized carbons (Fsp3) is 0.258. The number of carbonyl (C=O) groups is 1. The zero-order chi connectivity index (χ0) is 29.9. The second-order valence-corrected chi connectivity index (χ2v) is 13.2. The number of methoxy groups -OCH3 is 2. The number of aromatic nitrogens is 3. The molecule has 8 nitrogen and oxygen atoms in total. The summed E-state index contributed by atoms with van der Waals surface area (Å²) in [7, 11) is 3.08. The van der Waals surface area contributed by atoms with Gasteiger partial charge in [-0.25, -0.2) is 0 Å². The Balaban J connectivity index is 1.67. The Bertz CT molecular complexity index is 1740. The molecule has 1 N–H and O–H groups in total. The van der Waals surface area contributed by atoms with E-state index in [2.05, 4.69) is 5.32 Å². The summed E-state index contributed by atoms with van der Waals surface area (Å²) in [5.74, 6) is 0.457. The minimum atomic E-state index is -0.884. The van der Waals surface area contributed by atoms with Crippen LogP contribution in [0, 0.1) is 5.41 Å². The highest BCUT2D eigenvalue weighted by Crippen LogP contribution is 2.39. The van der Waals surface area contributed by atoms with Gasteiger partial charge in [-0.3, -0.25) is 9.59 Å². The number of ether oxygens (including phenoxy) is 2. The Morgan fingerprint density at radius 1 is 1.02 bits per heavy atom. The molecule has 4 aromatic heterocycles. The van der Waals surface area contributed by atoms with Crippen molar-refractivity contribution in [2.45, 2.75) is 26.9 Å². The Labute approximate surface area is 257 Å². The number of carbonyl (C=O) groups excluding carboxylic acids is 1. The summed E-state index contributed by atoms with van der Waals surface area (Å²) in [6.45, 7) is 4.63. The highest BCUT2D eigenvalue weighted by molar-refractivity contribution is 7.16. The number of benzene rings is 1. The van der Waals surface area contributed by atoms with Crippen molar-refractivity contribution >= 4 is 46.0 Å². The van der Waals surface area contributed by atoms with Gasteiger partial charge in [0.2, 0.25) is 0 Å². The molecule has 0 aliphatic rings. The number of pyridine rings is 1. The van der Waals surface area contributed by atoms with Gasteiger partial charge in [0.15, 0.2) is 11.6 Å². The van der Waals surface area contributed by atoms with Gasteiger partial charge in [-0.05, 0) is 49.1 Å². The van der Waals surface area contributed by atoms with Crippen molar-refractivity contribution in [3.8, 4) is 28.3 Å². The van der Waals surface area contributed by atoms with E-state index in [-0.39, 0.29) is 18.1 Å². The van der Waals surface area contributed by atoms with Crippen molar-refractivity contribution in [2.24, 2.45) is 5.41 Å². The highest BCUT2D eigenvalue weighted by Gasteiger charge is 2.34. The summed E-state index contributed by atoms with van der Waals surface area (Å²) in [6, 6.07) is 20.9. The molecule has 0 atom stereocenters. The predicted octanol–water partition coefficient (Wildman–Crippen LogP) is 7.14. The van der Waals surface area contributed by atoms with Crippen molar-refractivity contribution in [1.29, 1.82) is 0 Å². The summed E-state index contributed by atoms with van der Waals surface area (Å²) in [6.07, 6.45) is 0. The van der Waals surface area contributed by atoms with Crippen LogP contribution in [0.15, 0.2) is 76.9 Å². The van der Waals surface area contributed by atoms with Gasteiger partial charge in [-0.1, -0.05) is 48.0 Å². The quantitative estimate of drug-likeness (QED) is 0.169. The van der Waals surface area contributed by atoms with E-state index in [1.165, 1.54) is 23.1 Å². The Morgan fingerprint density at radius 2 is 1.81 bits per heavy atom. The average molecular weight is 623 g/mol. The molecule has 0 aliphatic carbocycles. The lowest BCUT2D eigenvalue weighted by Gasteiger charge is -2.22. The average Bonchev–Trinajstić information content (AvgIpc) is 3.73. The van der Waals surface area contributed by atoms with Gasteiger partial charge >= 0.3 is 0 Å². The van der Waals surface area contributed by atoms with Crippen LogP contribution >= 0.6 is 34.3 Å². The van der Waals surface area contributed by atoms with Crippen LogP contribution < -0.4 is 15.6 Å². The number of halogens is 1. The third kappa shape index (κ3) is 6.22. The molecule has 0 radical (unpaired) electrons. The van der Waals surface area contributed by atoms with Gasteiger partial charge in [0.05, 0.1) is 42.3 Å². The van der Waals surface area contributed by atoms with E-state index in [0.717, 1.165) is 21.0 Å². The largest absolute Gasteiger partial charge is 0.491 e. The van der Waals surface area contributed by atoms with E-state index >= 15 is 0 Å². The van der Waals surface area contributed by atoms with E-state index in [1.54, 1.807) is 42.9 Å². The standard InChI is InChI=1S/C31H31ClN4O4S2/c1-31(2,19-39-3)30(38)36-29(33-17-22-12-13-25(32)42-22)28(40-4)27(34-36)21-15-24(20-9-6-5-7-10-20)35(26(37)16-21)18-23-11-8-14-41-23/h5-16,33H,17-19H2,1-4H3. The van der Waals surface area contributed by atoms with E-state index in [4.69, 9.17) is 26.2 Å². The van der Waals surface area contributed by atoms with Crippen LogP contribution in [0.4, 0.5) is 5.82 Å². The number of nitrogens with one attached hydrogen (secondary N) is 1. The fourth-order valence-electron chi connectivity index (χ4n) is 4.72. The molecule has 0 unspecified atom stereocenters. The van der Waals surface area contributed by atoms with Crippen molar-refractivity contribution in [2.75, 3.05) is 26.1 Å². The van der Waals surface area contributed by atoms with Crippen LogP contribution in [0.25, 0.3) is 22.5 Å². The van der Waals surface area contributed by atoms with Gasteiger partial charge in [0, 0.05) is 28.5 Å². The maximum absolute atomic E-state index is 13.8. The van der Waals surface area contributed by atoms with Crippen LogP contribution in [0.1, 0.15) is 28.4 Å². The highest BCUT2D eigenvalue weighted by atomic mass is 35.5. The smallest absolute Gasteiger partial charge is 0.256 e. The van der Waals surface area contributed by atoms with Crippen LogP contribution in [-0.2, 0) is 17.8 Å². The number of anilines is 1. The van der Waals surface area contributed by atoms with Gasteiger partial charge < -0.3 is 19.4 Å². The molecule has 0 bridgehead atoms. The molecule has 5 aromatic rings. The fourth-order valence-corrected chi connectivity index (χ4v) is 6.44. The first-order chi connectivity index (χ1) is 20.2. The molecule has 0 spiro atoms. The first-order valence-corrected chi connectivity index (χ1v) is 15.3. The lowest BCUT2D eigenvalue weighted by molar-refractivity contribution is 0.0529. The summed E-state index contributed by atoms with van der Waals surface area (Å²) in [5.41, 5.74) is 1.46. The van der Waals surface area contributed by atoms with Gasteiger partial charge in [0.1, 0.15) is 5.69 Å². The molecule has 0 saturated heterocycles. The van der Waals surface area contributed by atoms with Crippen LogP contribution in [0.5, 0.6) is 5.75 Å². The summed E-state index contributed by atoms with van der Waals surface area (Å²) >= 11 is 9.19. The minimum absolute atomic E-state index is 0.190. The van der Waals surface area contributed by atoms with Crippen molar-refractivity contribution in [3.63, 3.8) is 0 Å². The van der Waals surface area contributed by atoms with Crippen LogP contribution in [-0.4, -0.2) is 41.1 Å². The molecule has 0 fully saturated rings.